The zero-order valence-electron chi connectivity index (χ0n) is 17.3. The van der Waals surface area contributed by atoms with Gasteiger partial charge >= 0.3 is 5.97 Å². The Hall–Kier alpha value is -2.55. The van der Waals surface area contributed by atoms with Crippen molar-refractivity contribution < 1.29 is 19.1 Å². The van der Waals surface area contributed by atoms with Gasteiger partial charge in [-0.15, -0.1) is 0 Å². The summed E-state index contributed by atoms with van der Waals surface area (Å²) in [7, 11) is 0. The van der Waals surface area contributed by atoms with Crippen LogP contribution in [0.4, 0.5) is 0 Å². The van der Waals surface area contributed by atoms with E-state index in [1.165, 1.54) is 26.2 Å². The molecule has 1 N–H and O–H groups in total. The maximum Gasteiger partial charge on any atom is 0.346 e. The summed E-state index contributed by atoms with van der Waals surface area (Å²) in [5, 5.41) is 12.0. The maximum atomic E-state index is 12.2. The number of benzene rings is 1. The lowest BCUT2D eigenvalue weighted by molar-refractivity contribution is -0.150. The fraction of sp³-hybridized carbons (Fsp3) is 0.591. The third-order valence-corrected chi connectivity index (χ3v) is 4.41. The van der Waals surface area contributed by atoms with Crippen LogP contribution in [0.25, 0.3) is 0 Å². The van der Waals surface area contributed by atoms with Crippen LogP contribution in [0.15, 0.2) is 24.3 Å². The highest BCUT2D eigenvalue weighted by Gasteiger charge is 2.40. The normalized spacial score (nSPS) is 12.5. The molecular weight excluding hydrogens is 356 g/mol. The average Bonchev–Trinajstić information content (AvgIpc) is 2.68. The summed E-state index contributed by atoms with van der Waals surface area (Å²) in [6.07, 6.45) is 6.12. The first-order valence-corrected chi connectivity index (χ1v) is 10.1. The lowest BCUT2D eigenvalue weighted by Crippen LogP contribution is -2.53. The molecule has 0 aliphatic carbocycles. The smallest absolute Gasteiger partial charge is 0.346 e. The van der Waals surface area contributed by atoms with Gasteiger partial charge in [-0.3, -0.25) is 4.79 Å². The fourth-order valence-corrected chi connectivity index (χ4v) is 2.93. The molecule has 1 rings (SSSR count). The van der Waals surface area contributed by atoms with E-state index in [0.717, 1.165) is 24.3 Å². The Kier molecular flexibility index (Phi) is 10.7. The standard InChI is InChI=1S/C22H32N2O4/c1-4-6-7-8-16-28-20-13-11-19(12-14-20)10-9-15-22(17-23,24-18(3)25)21(26)27-5-2/h11-14H,4-10,15-16H2,1-3H3,(H,24,25). The van der Waals surface area contributed by atoms with Crippen molar-refractivity contribution >= 4 is 11.9 Å². The molecule has 0 saturated heterocycles. The van der Waals surface area contributed by atoms with Crippen LogP contribution in [-0.4, -0.2) is 30.6 Å². The van der Waals surface area contributed by atoms with Gasteiger partial charge in [-0.05, 0) is 50.3 Å². The molecule has 6 heteroatoms. The van der Waals surface area contributed by atoms with Crippen molar-refractivity contribution in [2.45, 2.75) is 71.3 Å². The minimum atomic E-state index is -1.64. The summed E-state index contributed by atoms with van der Waals surface area (Å²) in [4.78, 5) is 23.7. The second-order valence-electron chi connectivity index (χ2n) is 6.83. The number of nitrogens with zero attached hydrogens (tertiary/aromatic N) is 1. The molecule has 154 valence electrons. The summed E-state index contributed by atoms with van der Waals surface area (Å²) >= 11 is 0. The number of hydrogen-bond donors (Lipinski definition) is 1. The molecule has 0 heterocycles. The number of unbranched alkanes of at least 4 members (excludes halogenated alkanes) is 3. The van der Waals surface area contributed by atoms with Crippen molar-refractivity contribution in [3.8, 4) is 11.8 Å². The lowest BCUT2D eigenvalue weighted by Gasteiger charge is -2.25. The Balaban J connectivity index is 2.56. The molecule has 1 amide bonds. The van der Waals surface area contributed by atoms with Crippen molar-refractivity contribution in [3.63, 3.8) is 0 Å². The Bertz CT molecular complexity index is 651. The van der Waals surface area contributed by atoms with E-state index in [1.54, 1.807) is 6.92 Å². The molecule has 0 radical (unpaired) electrons. The Morgan fingerprint density at radius 2 is 1.82 bits per heavy atom. The largest absolute Gasteiger partial charge is 0.494 e. The molecule has 0 aliphatic rings. The predicted octanol–water partition coefficient (Wildman–Crippen LogP) is 3.93. The van der Waals surface area contributed by atoms with Crippen LogP contribution in [-0.2, 0) is 20.7 Å². The van der Waals surface area contributed by atoms with E-state index < -0.39 is 17.4 Å². The number of amides is 1. The molecule has 0 saturated carbocycles. The zero-order chi connectivity index (χ0) is 20.8. The number of hydrogen-bond acceptors (Lipinski definition) is 5. The Labute approximate surface area is 168 Å². The van der Waals surface area contributed by atoms with Gasteiger partial charge in [0, 0.05) is 6.92 Å². The van der Waals surface area contributed by atoms with Gasteiger partial charge in [0.15, 0.2) is 0 Å². The average molecular weight is 389 g/mol. The molecule has 1 atom stereocenters. The molecule has 6 nitrogen and oxygen atoms in total. The van der Waals surface area contributed by atoms with Gasteiger partial charge in [-0.2, -0.15) is 5.26 Å². The van der Waals surface area contributed by atoms with E-state index in [2.05, 4.69) is 12.2 Å². The van der Waals surface area contributed by atoms with E-state index in [9.17, 15) is 14.9 Å². The summed E-state index contributed by atoms with van der Waals surface area (Å²) in [6, 6.07) is 9.78. The minimum Gasteiger partial charge on any atom is -0.494 e. The van der Waals surface area contributed by atoms with Gasteiger partial charge in [0.1, 0.15) is 11.8 Å². The second-order valence-corrected chi connectivity index (χ2v) is 6.83. The van der Waals surface area contributed by atoms with Crippen LogP contribution in [0.3, 0.4) is 0 Å². The monoisotopic (exact) mass is 388 g/mol. The first kappa shape index (κ1) is 23.5. The molecule has 0 aromatic heterocycles. The van der Waals surface area contributed by atoms with Crippen LogP contribution in [0.5, 0.6) is 5.75 Å². The molecule has 1 unspecified atom stereocenters. The van der Waals surface area contributed by atoms with E-state index in [1.807, 2.05) is 30.3 Å². The molecule has 1 aromatic rings. The van der Waals surface area contributed by atoms with Crippen LogP contribution >= 0.6 is 0 Å². The van der Waals surface area contributed by atoms with Crippen molar-refractivity contribution in [1.82, 2.24) is 5.32 Å². The number of rotatable bonds is 13. The van der Waals surface area contributed by atoms with E-state index in [4.69, 9.17) is 9.47 Å². The summed E-state index contributed by atoms with van der Waals surface area (Å²) in [5.41, 5.74) is -0.555. The highest BCUT2D eigenvalue weighted by molar-refractivity contribution is 5.90. The molecule has 1 aromatic carbocycles. The third-order valence-electron chi connectivity index (χ3n) is 4.41. The van der Waals surface area contributed by atoms with Crippen molar-refractivity contribution in [2.24, 2.45) is 0 Å². The van der Waals surface area contributed by atoms with Crippen molar-refractivity contribution in [1.29, 1.82) is 5.26 Å². The van der Waals surface area contributed by atoms with Crippen molar-refractivity contribution in [2.75, 3.05) is 13.2 Å². The number of nitriles is 1. The second kappa shape index (κ2) is 12.8. The quantitative estimate of drug-likeness (QED) is 0.408. The van der Waals surface area contributed by atoms with Crippen LogP contribution in [0.2, 0.25) is 0 Å². The lowest BCUT2D eigenvalue weighted by atomic mass is 9.92. The molecule has 28 heavy (non-hydrogen) atoms. The summed E-state index contributed by atoms with van der Waals surface area (Å²) in [6.45, 7) is 6.01. The van der Waals surface area contributed by atoms with E-state index in [-0.39, 0.29) is 13.0 Å². The molecule has 0 spiro atoms. The topological polar surface area (TPSA) is 88.4 Å². The number of aryl methyl sites for hydroxylation is 1. The third kappa shape index (κ3) is 7.99. The SMILES string of the molecule is CCCCCCOc1ccc(CCCC(C#N)(NC(C)=O)C(=O)OCC)cc1. The molecular formula is C22H32N2O4. The Morgan fingerprint density at radius 1 is 1.11 bits per heavy atom. The number of ether oxygens (including phenoxy) is 2. The molecule has 0 bridgehead atoms. The van der Waals surface area contributed by atoms with Crippen molar-refractivity contribution in [3.05, 3.63) is 29.8 Å². The Morgan fingerprint density at radius 3 is 2.39 bits per heavy atom. The van der Waals surface area contributed by atoms with Gasteiger partial charge in [-0.1, -0.05) is 38.3 Å². The van der Waals surface area contributed by atoms with Crippen LogP contribution in [0, 0.1) is 11.3 Å². The minimum absolute atomic E-state index is 0.155. The highest BCUT2D eigenvalue weighted by Crippen LogP contribution is 2.19. The highest BCUT2D eigenvalue weighted by atomic mass is 16.5. The number of carbonyl (C=O) groups excluding carboxylic acids is 2. The number of carbonyl (C=O) groups is 2. The summed E-state index contributed by atoms with van der Waals surface area (Å²) < 4.78 is 10.7. The van der Waals surface area contributed by atoms with Gasteiger partial charge in [-0.25, -0.2) is 4.79 Å². The number of esters is 1. The predicted molar refractivity (Wildman–Crippen MR) is 108 cm³/mol. The van der Waals surface area contributed by atoms with E-state index in [0.29, 0.717) is 12.8 Å². The first-order valence-electron chi connectivity index (χ1n) is 10.1. The van der Waals surface area contributed by atoms with Crippen LogP contribution < -0.4 is 10.1 Å². The van der Waals surface area contributed by atoms with Crippen LogP contribution in [0.1, 0.15) is 64.9 Å². The maximum absolute atomic E-state index is 12.2. The van der Waals surface area contributed by atoms with Gasteiger partial charge < -0.3 is 14.8 Å². The van der Waals surface area contributed by atoms with E-state index >= 15 is 0 Å². The molecule has 0 fully saturated rings. The zero-order valence-corrected chi connectivity index (χ0v) is 17.3. The molecule has 0 aliphatic heterocycles. The summed E-state index contributed by atoms with van der Waals surface area (Å²) in [5.74, 6) is -0.300. The number of nitrogens with one attached hydrogen (secondary N) is 1. The van der Waals surface area contributed by atoms with Gasteiger partial charge in [0.2, 0.25) is 11.4 Å². The van der Waals surface area contributed by atoms with Gasteiger partial charge in [0.05, 0.1) is 13.2 Å². The fourth-order valence-electron chi connectivity index (χ4n) is 2.93. The van der Waals surface area contributed by atoms with Gasteiger partial charge in [0.25, 0.3) is 0 Å². The first-order chi connectivity index (χ1) is 13.5.